The van der Waals surface area contributed by atoms with Crippen molar-refractivity contribution in [1.29, 1.82) is 0 Å². The van der Waals surface area contributed by atoms with Crippen molar-refractivity contribution in [3.05, 3.63) is 15.3 Å². The van der Waals surface area contributed by atoms with E-state index < -0.39 is 15.1 Å². The van der Waals surface area contributed by atoms with Crippen molar-refractivity contribution in [2.45, 2.75) is 0 Å². The van der Waals surface area contributed by atoms with Crippen LogP contribution in [0.3, 0.4) is 0 Å². The van der Waals surface area contributed by atoms with Gasteiger partial charge in [-0.2, -0.15) is 0 Å². The molecule has 0 atom stereocenters. The molecule has 82 valence electrons. The minimum atomic E-state index is -2.44. The van der Waals surface area contributed by atoms with Crippen LogP contribution in [0.1, 0.15) is 0 Å². The van der Waals surface area contributed by atoms with E-state index in [0.29, 0.717) is 0 Å². The summed E-state index contributed by atoms with van der Waals surface area (Å²) in [7, 11) is 0. The Balaban J connectivity index is 0. The molecule has 0 radical (unpaired) electrons. The molecule has 0 aliphatic rings. The third-order valence-electron chi connectivity index (χ3n) is 0.389. The molecule has 12 nitrogen and oxygen atoms in total. The number of nitrogens with zero attached hydrogens (tertiary/aromatic N) is 3. The maximum atomic E-state index is 10.2. The molecule has 0 amide bonds. The first-order valence-electron chi connectivity index (χ1n) is 2.31. The van der Waals surface area contributed by atoms with E-state index in [0.717, 1.165) is 0 Å². The molecular weight excluding hydrogens is 284 g/mol. The quantitative estimate of drug-likeness (QED) is 0.177. The van der Waals surface area contributed by atoms with Crippen LogP contribution in [0.5, 0.6) is 0 Å². The van der Waals surface area contributed by atoms with Gasteiger partial charge in [0.15, 0.2) is 0 Å². The summed E-state index contributed by atoms with van der Waals surface area (Å²) in [5, 5.41) is 14.4. The first kappa shape index (κ1) is 15.0. The van der Waals surface area contributed by atoms with Gasteiger partial charge in [-0.1, -0.05) is 0 Å². The molecule has 0 rings (SSSR count). The second-order valence-electron chi connectivity index (χ2n) is 1.68. The smallest absolute Gasteiger partial charge is 0.542 e. The first-order chi connectivity index (χ1) is 5.10. The van der Waals surface area contributed by atoms with Crippen LogP contribution in [0.15, 0.2) is 0 Å². The van der Waals surface area contributed by atoms with Gasteiger partial charge in [0.1, 0.15) is 4.91 Å². The monoisotopic (exact) mass is 292 g/mol. The van der Waals surface area contributed by atoms with E-state index in [4.69, 9.17) is 0 Å². The Bertz CT molecular complexity index is 149. The van der Waals surface area contributed by atoms with Gasteiger partial charge in [0.05, 0.1) is 19.9 Å². The maximum Gasteiger partial charge on any atom is 0.589 e. The zero-order valence-electron chi connectivity index (χ0n) is 6.01. The van der Waals surface area contributed by atoms with Crippen molar-refractivity contribution in [3.63, 3.8) is 0 Å². The van der Waals surface area contributed by atoms with Crippen LogP contribution in [-0.2, 0) is 30.3 Å². The molecular formula is H8N7O5Pd+. The zero-order valence-corrected chi connectivity index (χ0v) is 7.56. The molecule has 0 fully saturated rings. The second kappa shape index (κ2) is 4.69. The Labute approximate surface area is 84.8 Å². The van der Waals surface area contributed by atoms with Gasteiger partial charge < -0.3 is 10.4 Å². The average molecular weight is 293 g/mol. The molecule has 0 heterocycles. The van der Waals surface area contributed by atoms with Gasteiger partial charge in [-0.15, -0.1) is 23.4 Å². The van der Waals surface area contributed by atoms with E-state index in [-0.39, 0.29) is 20.4 Å². The van der Waals surface area contributed by atoms with Crippen LogP contribution in [0, 0.1) is 15.3 Å². The third kappa shape index (κ3) is 11.5. The number of quaternary nitrogens is 2. The van der Waals surface area contributed by atoms with E-state index in [1.807, 2.05) is 0 Å². The molecule has 0 unspecified atom stereocenters. The number of rotatable bonds is 4. The molecule has 13 heteroatoms. The van der Waals surface area contributed by atoms with Crippen LogP contribution in [-0.4, -0.2) is 15.1 Å². The van der Waals surface area contributed by atoms with Gasteiger partial charge in [0.25, 0.3) is 0 Å². The van der Waals surface area contributed by atoms with Crippen molar-refractivity contribution in [1.82, 2.24) is 0 Å². The summed E-state index contributed by atoms with van der Waals surface area (Å²) in [6.45, 7) is 0. The largest absolute Gasteiger partial charge is 0.589 e. The minimum absolute atomic E-state index is 0. The Morgan fingerprint density at radius 3 is 1.38 bits per heavy atom. The fraction of sp³-hybridized carbons (Fsp3) is 0. The summed E-state index contributed by atoms with van der Waals surface area (Å²) in [4.78, 5) is 17.1. The Morgan fingerprint density at radius 2 is 1.23 bits per heavy atom. The molecule has 0 aromatic rings. The summed E-state index contributed by atoms with van der Waals surface area (Å²) >= 11 is 0. The molecule has 0 aliphatic carbocycles. The minimum Gasteiger partial charge on any atom is -0.542 e. The van der Waals surface area contributed by atoms with Crippen molar-refractivity contribution in [3.8, 4) is 0 Å². The Kier molecular flexibility index (Phi) is 5.42. The maximum absolute atomic E-state index is 10.2. The van der Waals surface area contributed by atoms with E-state index >= 15 is 0 Å². The summed E-state index contributed by atoms with van der Waals surface area (Å²) < 4.78 is 0. The van der Waals surface area contributed by atoms with Crippen LogP contribution in [0.25, 0.3) is 0 Å². The molecule has 0 saturated heterocycles. The first-order valence-corrected chi connectivity index (χ1v) is 2.31. The molecule has 0 aromatic heterocycles. The van der Waals surface area contributed by atoms with Crippen molar-refractivity contribution >= 4 is 0 Å². The average Bonchev–Trinajstić information content (AvgIpc) is 1.49. The Hall–Kier alpha value is -0.458. The van der Waals surface area contributed by atoms with Gasteiger partial charge in [0, 0.05) is 20.4 Å². The van der Waals surface area contributed by atoms with Gasteiger partial charge in [-0.3, -0.25) is 0 Å². The van der Waals surface area contributed by atoms with E-state index in [1.165, 1.54) is 0 Å². The summed E-state index contributed by atoms with van der Waals surface area (Å²) in [6, 6.07) is 0. The van der Waals surface area contributed by atoms with Crippen LogP contribution in [0.4, 0.5) is 0 Å². The molecule has 0 saturated carbocycles. The molecule has 8 N–H and O–H groups in total. The summed E-state index contributed by atoms with van der Waals surface area (Å²) in [5.74, 6) is 17.5. The summed E-state index contributed by atoms with van der Waals surface area (Å²) in [5.41, 5.74) is 0. The predicted octanol–water partition coefficient (Wildman–Crippen LogP) is -3.42. The van der Waals surface area contributed by atoms with Crippen LogP contribution in [0.2, 0.25) is 0 Å². The van der Waals surface area contributed by atoms with Crippen molar-refractivity contribution < 1.29 is 45.4 Å². The molecule has 0 aromatic carbocycles. The standard InChI is InChI=1S/H8N7O5.Pd/c1-6(2,9)11-5(8)12-7(3,4)10;/h1-4H2;/q+1;. The van der Waals surface area contributed by atoms with Crippen molar-refractivity contribution in [2.75, 3.05) is 0 Å². The fourth-order valence-corrected chi connectivity index (χ4v) is 0.223. The normalized spacial score (nSPS) is 11.5. The van der Waals surface area contributed by atoms with Gasteiger partial charge >= 0.3 is 5.09 Å². The van der Waals surface area contributed by atoms with Crippen LogP contribution < -0.4 is 23.4 Å². The SMILES string of the molecule is N[N+](N)([O-])O[N+](=O)O[N+](N)(N)[O-].[Pd]. The van der Waals surface area contributed by atoms with Gasteiger partial charge in [-0.25, -0.2) is 0 Å². The van der Waals surface area contributed by atoms with Gasteiger partial charge in [-0.05, 0) is 0 Å². The molecule has 0 aliphatic heterocycles. The van der Waals surface area contributed by atoms with E-state index in [1.54, 1.807) is 0 Å². The number of hydrogen-bond acceptors (Lipinski definition) is 9. The summed E-state index contributed by atoms with van der Waals surface area (Å²) in [6.07, 6.45) is 0. The molecule has 13 heavy (non-hydrogen) atoms. The zero-order chi connectivity index (χ0) is 9.99. The fourth-order valence-electron chi connectivity index (χ4n) is 0.223. The van der Waals surface area contributed by atoms with Crippen LogP contribution >= 0.6 is 0 Å². The third-order valence-corrected chi connectivity index (χ3v) is 0.389. The van der Waals surface area contributed by atoms with E-state index in [9.17, 15) is 15.3 Å². The predicted molar refractivity (Wildman–Crippen MR) is 29.8 cm³/mol. The number of hydrogen-bond donors (Lipinski definition) is 4. The van der Waals surface area contributed by atoms with Gasteiger partial charge in [0.2, 0.25) is 0 Å². The van der Waals surface area contributed by atoms with Crippen molar-refractivity contribution in [2.24, 2.45) is 23.4 Å². The Morgan fingerprint density at radius 1 is 1.00 bits per heavy atom. The topological polar surface area (TPSA) is 189 Å². The molecule has 0 bridgehead atoms. The number of nitrogens with two attached hydrogens (primary N) is 4. The molecule has 0 spiro atoms. The van der Waals surface area contributed by atoms with E-state index in [2.05, 4.69) is 33.2 Å². The second-order valence-corrected chi connectivity index (χ2v) is 1.68.